The molecular weight excluding hydrogens is 214 g/mol. The third-order valence-corrected chi connectivity index (χ3v) is 2.34. The normalized spacial score (nSPS) is 10.8. The number of nitrogens with zero attached hydrogens (tertiary/aromatic N) is 1. The molecule has 0 saturated carbocycles. The summed E-state index contributed by atoms with van der Waals surface area (Å²) in [7, 11) is 0. The van der Waals surface area contributed by atoms with Gasteiger partial charge in [0.2, 0.25) is 0 Å². The number of H-pyrrole nitrogens is 1. The van der Waals surface area contributed by atoms with E-state index in [0.717, 1.165) is 0 Å². The maximum atomic E-state index is 11.5. The van der Waals surface area contributed by atoms with Crippen LogP contribution in [-0.2, 0) is 6.42 Å². The van der Waals surface area contributed by atoms with Gasteiger partial charge in [-0.25, -0.2) is 4.98 Å². The van der Waals surface area contributed by atoms with Gasteiger partial charge in [0.15, 0.2) is 0 Å². The zero-order valence-electron chi connectivity index (χ0n) is 7.96. The van der Waals surface area contributed by atoms with Gasteiger partial charge in [-0.05, 0) is 24.7 Å². The van der Waals surface area contributed by atoms with Gasteiger partial charge in [0.1, 0.15) is 5.69 Å². The van der Waals surface area contributed by atoms with Crippen molar-refractivity contribution in [2.45, 2.75) is 6.42 Å². The van der Waals surface area contributed by atoms with Crippen LogP contribution < -0.4 is 11.3 Å². The highest BCUT2D eigenvalue weighted by Crippen LogP contribution is 2.14. The Labute approximate surface area is 91.1 Å². The second-order valence-corrected chi connectivity index (χ2v) is 3.65. The molecule has 0 aliphatic rings. The smallest absolute Gasteiger partial charge is 0.270 e. The van der Waals surface area contributed by atoms with Gasteiger partial charge >= 0.3 is 0 Å². The quantitative estimate of drug-likeness (QED) is 0.800. The van der Waals surface area contributed by atoms with Crippen molar-refractivity contribution < 1.29 is 0 Å². The van der Waals surface area contributed by atoms with Crippen LogP contribution in [0.15, 0.2) is 23.0 Å². The molecule has 15 heavy (non-hydrogen) atoms. The molecular formula is C10H10ClN3O. The Morgan fingerprint density at radius 3 is 3.00 bits per heavy atom. The minimum absolute atomic E-state index is 0.185. The standard InChI is InChI=1S/C10H10ClN3O/c11-6-1-2-7-9(5-6)13-8(3-4-12)10(15)14-7/h1-2,5H,3-4,12H2,(H,14,15). The highest BCUT2D eigenvalue weighted by atomic mass is 35.5. The van der Waals surface area contributed by atoms with E-state index in [-0.39, 0.29) is 5.56 Å². The lowest BCUT2D eigenvalue weighted by molar-refractivity contribution is 0.904. The largest absolute Gasteiger partial charge is 0.330 e. The number of aromatic amines is 1. The molecule has 4 nitrogen and oxygen atoms in total. The van der Waals surface area contributed by atoms with Crippen LogP contribution in [0, 0.1) is 0 Å². The van der Waals surface area contributed by atoms with Gasteiger partial charge in [0, 0.05) is 11.4 Å². The van der Waals surface area contributed by atoms with E-state index in [4.69, 9.17) is 17.3 Å². The molecule has 3 N–H and O–H groups in total. The first-order valence-electron chi connectivity index (χ1n) is 4.59. The number of hydrogen-bond acceptors (Lipinski definition) is 3. The van der Waals surface area contributed by atoms with Gasteiger partial charge in [-0.15, -0.1) is 0 Å². The van der Waals surface area contributed by atoms with Crippen molar-refractivity contribution in [2.24, 2.45) is 5.73 Å². The summed E-state index contributed by atoms with van der Waals surface area (Å²) in [5.74, 6) is 0. The predicted octanol–water partition coefficient (Wildman–Crippen LogP) is 1.08. The zero-order chi connectivity index (χ0) is 10.8. The van der Waals surface area contributed by atoms with Gasteiger partial charge < -0.3 is 10.7 Å². The van der Waals surface area contributed by atoms with Gasteiger partial charge in [-0.1, -0.05) is 11.6 Å². The van der Waals surface area contributed by atoms with Crippen molar-refractivity contribution in [3.8, 4) is 0 Å². The molecule has 1 heterocycles. The average Bonchev–Trinajstić information content (AvgIpc) is 2.20. The number of benzene rings is 1. The molecule has 1 aromatic heterocycles. The first-order chi connectivity index (χ1) is 7.20. The van der Waals surface area contributed by atoms with Crippen molar-refractivity contribution in [3.05, 3.63) is 39.3 Å². The second-order valence-electron chi connectivity index (χ2n) is 3.21. The van der Waals surface area contributed by atoms with Crippen molar-refractivity contribution in [1.29, 1.82) is 0 Å². The van der Waals surface area contributed by atoms with Crippen LogP contribution >= 0.6 is 11.6 Å². The van der Waals surface area contributed by atoms with Gasteiger partial charge in [0.05, 0.1) is 11.0 Å². The molecule has 0 saturated heterocycles. The van der Waals surface area contributed by atoms with E-state index in [0.29, 0.717) is 34.7 Å². The lowest BCUT2D eigenvalue weighted by Crippen LogP contribution is -2.18. The Balaban J connectivity index is 2.66. The lowest BCUT2D eigenvalue weighted by atomic mass is 10.2. The fraction of sp³-hybridized carbons (Fsp3) is 0.200. The number of aromatic nitrogens is 2. The van der Waals surface area contributed by atoms with E-state index >= 15 is 0 Å². The van der Waals surface area contributed by atoms with Crippen LogP contribution in [0.2, 0.25) is 5.02 Å². The summed E-state index contributed by atoms with van der Waals surface area (Å²) in [6.45, 7) is 0.405. The molecule has 0 bridgehead atoms. The maximum Gasteiger partial charge on any atom is 0.270 e. The lowest BCUT2D eigenvalue weighted by Gasteiger charge is -2.01. The summed E-state index contributed by atoms with van der Waals surface area (Å²) in [5, 5.41) is 0.598. The number of rotatable bonds is 2. The van der Waals surface area contributed by atoms with Crippen molar-refractivity contribution in [3.63, 3.8) is 0 Å². The summed E-state index contributed by atoms with van der Waals surface area (Å²) in [4.78, 5) is 18.5. The number of nitrogens with one attached hydrogen (secondary N) is 1. The first kappa shape index (κ1) is 10.1. The Morgan fingerprint density at radius 2 is 2.27 bits per heavy atom. The Hall–Kier alpha value is -1.39. The molecule has 0 aliphatic heterocycles. The van der Waals surface area contributed by atoms with Crippen molar-refractivity contribution >= 4 is 22.6 Å². The van der Waals surface area contributed by atoms with E-state index in [9.17, 15) is 4.79 Å². The van der Waals surface area contributed by atoms with Crippen LogP contribution in [-0.4, -0.2) is 16.5 Å². The predicted molar refractivity (Wildman–Crippen MR) is 60.1 cm³/mol. The van der Waals surface area contributed by atoms with Crippen LogP contribution in [0.4, 0.5) is 0 Å². The molecule has 0 aliphatic carbocycles. The van der Waals surface area contributed by atoms with Crippen LogP contribution in [0.3, 0.4) is 0 Å². The fourth-order valence-electron chi connectivity index (χ4n) is 1.40. The minimum atomic E-state index is -0.185. The molecule has 2 rings (SSSR count). The third kappa shape index (κ3) is 2.00. The molecule has 5 heteroatoms. The molecule has 0 atom stereocenters. The van der Waals surface area contributed by atoms with E-state index < -0.39 is 0 Å². The third-order valence-electron chi connectivity index (χ3n) is 2.11. The molecule has 0 fully saturated rings. The number of fused-ring (bicyclic) bond motifs is 1. The fourth-order valence-corrected chi connectivity index (χ4v) is 1.57. The van der Waals surface area contributed by atoms with E-state index in [1.54, 1.807) is 18.2 Å². The van der Waals surface area contributed by atoms with E-state index in [1.165, 1.54) is 0 Å². The Kier molecular flexibility index (Phi) is 2.70. The highest BCUT2D eigenvalue weighted by Gasteiger charge is 2.03. The van der Waals surface area contributed by atoms with Crippen molar-refractivity contribution in [2.75, 3.05) is 6.54 Å². The molecule has 0 unspecified atom stereocenters. The first-order valence-corrected chi connectivity index (χ1v) is 4.97. The number of halogens is 1. The summed E-state index contributed by atoms with van der Waals surface area (Å²) in [6.07, 6.45) is 0.470. The zero-order valence-corrected chi connectivity index (χ0v) is 8.71. The topological polar surface area (TPSA) is 71.8 Å². The average molecular weight is 224 g/mol. The van der Waals surface area contributed by atoms with E-state index in [2.05, 4.69) is 9.97 Å². The number of nitrogens with two attached hydrogens (primary N) is 1. The van der Waals surface area contributed by atoms with Crippen LogP contribution in [0.5, 0.6) is 0 Å². The van der Waals surface area contributed by atoms with Gasteiger partial charge in [-0.2, -0.15) is 0 Å². The van der Waals surface area contributed by atoms with Crippen LogP contribution in [0.25, 0.3) is 11.0 Å². The maximum absolute atomic E-state index is 11.5. The van der Waals surface area contributed by atoms with Gasteiger partial charge in [0.25, 0.3) is 5.56 Å². The van der Waals surface area contributed by atoms with Crippen molar-refractivity contribution in [1.82, 2.24) is 9.97 Å². The highest BCUT2D eigenvalue weighted by molar-refractivity contribution is 6.31. The monoisotopic (exact) mass is 223 g/mol. The summed E-state index contributed by atoms with van der Waals surface area (Å²) >= 11 is 5.83. The summed E-state index contributed by atoms with van der Waals surface area (Å²) in [5.41, 5.74) is 7.02. The minimum Gasteiger partial charge on any atom is -0.330 e. The van der Waals surface area contributed by atoms with Gasteiger partial charge in [-0.3, -0.25) is 4.79 Å². The molecule has 0 radical (unpaired) electrons. The molecule has 1 aromatic carbocycles. The molecule has 0 spiro atoms. The number of hydrogen-bond donors (Lipinski definition) is 2. The summed E-state index contributed by atoms with van der Waals surface area (Å²) < 4.78 is 0. The Morgan fingerprint density at radius 1 is 1.47 bits per heavy atom. The SMILES string of the molecule is NCCc1nc2cc(Cl)ccc2[nH]c1=O. The molecule has 2 aromatic rings. The second kappa shape index (κ2) is 4.00. The molecule has 78 valence electrons. The summed E-state index contributed by atoms with van der Waals surface area (Å²) in [6, 6.07) is 5.16. The molecule has 0 amide bonds. The Bertz CT molecular complexity index is 550. The van der Waals surface area contributed by atoms with Crippen LogP contribution in [0.1, 0.15) is 5.69 Å². The van der Waals surface area contributed by atoms with E-state index in [1.807, 2.05) is 0 Å².